The van der Waals surface area contributed by atoms with E-state index in [0.29, 0.717) is 6.42 Å². The molecule has 44 valence electrons. The molecule has 0 bridgehead atoms. The smallest absolute Gasteiger partial charge is 0.0921 e. The fourth-order valence-corrected chi connectivity index (χ4v) is 0.542. The summed E-state index contributed by atoms with van der Waals surface area (Å²) in [4.78, 5) is 6.64. The predicted octanol–water partition coefficient (Wildman–Crippen LogP) is -0.0555. The Morgan fingerprint density at radius 3 is 3.12 bits per heavy atom. The van der Waals surface area contributed by atoms with E-state index in [1.807, 2.05) is 0 Å². The number of aliphatic hydroxyl groups excluding tert-OH is 1. The maximum absolute atomic E-state index is 8.39. The van der Waals surface area contributed by atoms with Crippen LogP contribution in [0.2, 0.25) is 0 Å². The van der Waals surface area contributed by atoms with Crippen LogP contribution in [0.4, 0.5) is 0 Å². The summed E-state index contributed by atoms with van der Waals surface area (Å²) < 4.78 is 0. The Labute approximate surface area is 47.4 Å². The topological polar surface area (TPSA) is 48.9 Å². The number of aromatic nitrogens is 2. The van der Waals surface area contributed by atoms with Crippen molar-refractivity contribution >= 4 is 0 Å². The van der Waals surface area contributed by atoms with Gasteiger partial charge in [0, 0.05) is 24.9 Å². The van der Waals surface area contributed by atoms with Crippen molar-refractivity contribution < 1.29 is 5.11 Å². The second-order valence-electron chi connectivity index (χ2n) is 1.55. The van der Waals surface area contributed by atoms with Gasteiger partial charge in [0.25, 0.3) is 0 Å². The summed E-state index contributed by atoms with van der Waals surface area (Å²) in [6.07, 6.45) is 3.97. The van der Waals surface area contributed by atoms with E-state index in [1.165, 1.54) is 0 Å². The Kier molecular flexibility index (Phi) is 1.64. The lowest BCUT2D eigenvalue weighted by molar-refractivity contribution is 0.298. The summed E-state index contributed by atoms with van der Waals surface area (Å²) in [7, 11) is 0. The van der Waals surface area contributed by atoms with E-state index in [0.717, 1.165) is 5.69 Å². The van der Waals surface area contributed by atoms with Crippen LogP contribution in [0.1, 0.15) is 5.69 Å². The standard InChI is InChI=1S/C5H8N2O/c8-2-1-5-3-6-4-7-5/h3-4,8H,1-2H2,(H,6,7). The third kappa shape index (κ3) is 1.07. The van der Waals surface area contributed by atoms with E-state index in [1.54, 1.807) is 12.5 Å². The lowest BCUT2D eigenvalue weighted by atomic mass is 10.4. The Hall–Kier alpha value is -0.830. The Bertz CT molecular complexity index is 136. The van der Waals surface area contributed by atoms with Gasteiger partial charge in [0.15, 0.2) is 0 Å². The quantitative estimate of drug-likeness (QED) is 0.563. The monoisotopic (exact) mass is 112 g/mol. The molecule has 2 N–H and O–H groups in total. The fraction of sp³-hybridized carbons (Fsp3) is 0.400. The molecule has 3 nitrogen and oxygen atoms in total. The van der Waals surface area contributed by atoms with Crippen LogP contribution in [0, 0.1) is 0 Å². The second-order valence-corrected chi connectivity index (χ2v) is 1.55. The van der Waals surface area contributed by atoms with Gasteiger partial charge in [0.05, 0.1) is 6.33 Å². The number of aliphatic hydroxyl groups is 1. The molecular weight excluding hydrogens is 104 g/mol. The van der Waals surface area contributed by atoms with Gasteiger partial charge < -0.3 is 10.1 Å². The molecule has 0 unspecified atom stereocenters. The first-order chi connectivity index (χ1) is 3.93. The summed E-state index contributed by atoms with van der Waals surface area (Å²) in [5.41, 5.74) is 0.979. The Morgan fingerprint density at radius 2 is 2.62 bits per heavy atom. The van der Waals surface area contributed by atoms with E-state index >= 15 is 0 Å². The molecule has 0 saturated carbocycles. The van der Waals surface area contributed by atoms with Crippen molar-refractivity contribution in [3.63, 3.8) is 0 Å². The average molecular weight is 112 g/mol. The van der Waals surface area contributed by atoms with Gasteiger partial charge in [-0.25, -0.2) is 4.98 Å². The van der Waals surface area contributed by atoms with Gasteiger partial charge in [-0.1, -0.05) is 0 Å². The number of aromatic amines is 1. The number of hydrogen-bond donors (Lipinski definition) is 2. The highest BCUT2D eigenvalue weighted by molar-refractivity contribution is 4.93. The summed E-state index contributed by atoms with van der Waals surface area (Å²) in [6.45, 7) is 0.183. The van der Waals surface area contributed by atoms with E-state index < -0.39 is 0 Å². The van der Waals surface area contributed by atoms with Gasteiger partial charge in [-0.3, -0.25) is 0 Å². The molecule has 0 aliphatic carbocycles. The van der Waals surface area contributed by atoms with E-state index in [4.69, 9.17) is 5.11 Å². The summed E-state index contributed by atoms with van der Waals surface area (Å²) >= 11 is 0. The zero-order chi connectivity index (χ0) is 5.82. The minimum atomic E-state index is 0.183. The van der Waals surface area contributed by atoms with Crippen molar-refractivity contribution in [2.75, 3.05) is 6.61 Å². The number of hydrogen-bond acceptors (Lipinski definition) is 2. The van der Waals surface area contributed by atoms with E-state index in [2.05, 4.69) is 9.97 Å². The third-order valence-corrected chi connectivity index (χ3v) is 0.936. The van der Waals surface area contributed by atoms with Crippen LogP contribution >= 0.6 is 0 Å². The van der Waals surface area contributed by atoms with Gasteiger partial charge in [-0.05, 0) is 0 Å². The van der Waals surface area contributed by atoms with Crippen LogP contribution in [0.25, 0.3) is 0 Å². The lowest BCUT2D eigenvalue weighted by Gasteiger charge is -1.85. The molecule has 0 aliphatic rings. The fourth-order valence-electron chi connectivity index (χ4n) is 0.542. The molecule has 0 radical (unpaired) electrons. The highest BCUT2D eigenvalue weighted by Gasteiger charge is 1.87. The molecule has 1 heterocycles. The molecule has 0 fully saturated rings. The first-order valence-electron chi connectivity index (χ1n) is 2.51. The highest BCUT2D eigenvalue weighted by atomic mass is 16.3. The molecule has 0 atom stereocenters. The van der Waals surface area contributed by atoms with Crippen LogP contribution in [0.15, 0.2) is 12.5 Å². The second kappa shape index (κ2) is 2.47. The minimum Gasteiger partial charge on any atom is -0.396 e. The molecule has 3 heteroatoms. The summed E-state index contributed by atoms with van der Waals surface area (Å²) in [6, 6.07) is 0. The molecule has 0 spiro atoms. The molecule has 1 aromatic heterocycles. The van der Waals surface area contributed by atoms with Crippen molar-refractivity contribution in [3.05, 3.63) is 18.2 Å². The number of imidazole rings is 1. The van der Waals surface area contributed by atoms with Crippen LogP contribution in [-0.2, 0) is 6.42 Å². The van der Waals surface area contributed by atoms with Crippen molar-refractivity contribution in [2.24, 2.45) is 0 Å². The molecular formula is C5H8N2O. The average Bonchev–Trinajstić information content (AvgIpc) is 2.19. The third-order valence-electron chi connectivity index (χ3n) is 0.936. The van der Waals surface area contributed by atoms with Crippen molar-refractivity contribution in [3.8, 4) is 0 Å². The predicted molar refractivity (Wildman–Crippen MR) is 29.4 cm³/mol. The zero-order valence-electron chi connectivity index (χ0n) is 4.46. The van der Waals surface area contributed by atoms with E-state index in [9.17, 15) is 0 Å². The molecule has 0 amide bonds. The van der Waals surface area contributed by atoms with Crippen LogP contribution in [0.5, 0.6) is 0 Å². The normalized spacial score (nSPS) is 9.62. The molecule has 1 aromatic rings. The number of nitrogens with zero attached hydrogens (tertiary/aromatic N) is 1. The molecule has 0 aliphatic heterocycles. The van der Waals surface area contributed by atoms with Crippen LogP contribution < -0.4 is 0 Å². The summed E-state index contributed by atoms with van der Waals surface area (Å²) in [5.74, 6) is 0. The molecule has 1 rings (SSSR count). The van der Waals surface area contributed by atoms with Gasteiger partial charge in [0.1, 0.15) is 0 Å². The van der Waals surface area contributed by atoms with Gasteiger partial charge in [-0.2, -0.15) is 0 Å². The number of nitrogens with one attached hydrogen (secondary N) is 1. The first kappa shape index (κ1) is 5.31. The zero-order valence-corrected chi connectivity index (χ0v) is 4.46. The largest absolute Gasteiger partial charge is 0.396 e. The SMILES string of the molecule is OCCc1cnc[nH]1. The van der Waals surface area contributed by atoms with Gasteiger partial charge >= 0.3 is 0 Å². The number of H-pyrrole nitrogens is 1. The van der Waals surface area contributed by atoms with Crippen LogP contribution in [-0.4, -0.2) is 21.7 Å². The van der Waals surface area contributed by atoms with Crippen molar-refractivity contribution in [2.45, 2.75) is 6.42 Å². The number of rotatable bonds is 2. The lowest BCUT2D eigenvalue weighted by Crippen LogP contribution is -1.88. The Morgan fingerprint density at radius 1 is 1.75 bits per heavy atom. The minimum absolute atomic E-state index is 0.183. The first-order valence-corrected chi connectivity index (χ1v) is 2.51. The van der Waals surface area contributed by atoms with Crippen molar-refractivity contribution in [1.82, 2.24) is 9.97 Å². The van der Waals surface area contributed by atoms with E-state index in [-0.39, 0.29) is 6.61 Å². The van der Waals surface area contributed by atoms with Gasteiger partial charge in [-0.15, -0.1) is 0 Å². The molecule has 8 heavy (non-hydrogen) atoms. The Balaban J connectivity index is 2.50. The summed E-state index contributed by atoms with van der Waals surface area (Å²) in [5, 5.41) is 8.39. The molecule has 0 aromatic carbocycles. The highest BCUT2D eigenvalue weighted by Crippen LogP contribution is 1.89. The molecule has 0 saturated heterocycles. The maximum atomic E-state index is 8.39. The van der Waals surface area contributed by atoms with Crippen molar-refractivity contribution in [1.29, 1.82) is 0 Å². The van der Waals surface area contributed by atoms with Gasteiger partial charge in [0.2, 0.25) is 0 Å². The van der Waals surface area contributed by atoms with Crippen LogP contribution in [0.3, 0.4) is 0 Å². The maximum Gasteiger partial charge on any atom is 0.0921 e.